The molecule has 3 N–H and O–H groups in total. The van der Waals surface area contributed by atoms with Crippen LogP contribution in [0.4, 0.5) is 0 Å². The Morgan fingerprint density at radius 3 is 3.05 bits per heavy atom. The maximum absolute atomic E-state index is 12.1. The van der Waals surface area contributed by atoms with Crippen molar-refractivity contribution < 1.29 is 9.90 Å². The van der Waals surface area contributed by atoms with E-state index < -0.39 is 0 Å². The van der Waals surface area contributed by atoms with Crippen LogP contribution in [0.15, 0.2) is 18.2 Å². The van der Waals surface area contributed by atoms with Crippen LogP contribution in [0, 0.1) is 18.8 Å². The van der Waals surface area contributed by atoms with E-state index in [0.29, 0.717) is 29.5 Å². The summed E-state index contributed by atoms with van der Waals surface area (Å²) in [5, 5.41) is 16.0. The molecule has 1 aliphatic rings. The average molecular weight is 262 g/mol. The Hall–Kier alpha value is -1.55. The third-order valence-electron chi connectivity index (χ3n) is 4.06. The first-order valence-corrected chi connectivity index (χ1v) is 6.87. The van der Waals surface area contributed by atoms with Crippen LogP contribution < -0.4 is 10.6 Å². The summed E-state index contributed by atoms with van der Waals surface area (Å²) >= 11 is 0. The van der Waals surface area contributed by atoms with Gasteiger partial charge in [0, 0.05) is 17.7 Å². The lowest BCUT2D eigenvalue weighted by molar-refractivity contribution is 0.0938. The first-order chi connectivity index (χ1) is 9.09. The number of nitrogens with one attached hydrogen (secondary N) is 2. The Labute approximate surface area is 114 Å². The highest BCUT2D eigenvalue weighted by Crippen LogP contribution is 2.20. The van der Waals surface area contributed by atoms with Gasteiger partial charge in [-0.25, -0.2) is 0 Å². The van der Waals surface area contributed by atoms with Gasteiger partial charge in [0.05, 0.1) is 0 Å². The van der Waals surface area contributed by atoms with Gasteiger partial charge in [-0.15, -0.1) is 0 Å². The number of benzene rings is 1. The number of phenolic OH excluding ortho intramolecular Hbond substituents is 1. The Kier molecular flexibility index (Phi) is 4.43. The maximum atomic E-state index is 12.1. The molecular weight excluding hydrogens is 240 g/mol. The monoisotopic (exact) mass is 262 g/mol. The number of piperidine rings is 1. The summed E-state index contributed by atoms with van der Waals surface area (Å²) in [6, 6.07) is 5.04. The topological polar surface area (TPSA) is 61.4 Å². The molecule has 0 spiro atoms. The normalized spacial score (nSPS) is 23.1. The Bertz CT molecular complexity index is 459. The van der Waals surface area contributed by atoms with Crippen molar-refractivity contribution in [2.45, 2.75) is 20.3 Å². The van der Waals surface area contributed by atoms with Gasteiger partial charge in [-0.05, 0) is 50.4 Å². The molecule has 1 saturated heterocycles. The van der Waals surface area contributed by atoms with Crippen molar-refractivity contribution in [2.75, 3.05) is 19.6 Å². The number of carbonyl (C=O) groups is 1. The van der Waals surface area contributed by atoms with Crippen LogP contribution in [-0.4, -0.2) is 30.6 Å². The zero-order valence-corrected chi connectivity index (χ0v) is 11.6. The predicted molar refractivity (Wildman–Crippen MR) is 75.3 cm³/mol. The van der Waals surface area contributed by atoms with Gasteiger partial charge >= 0.3 is 0 Å². The van der Waals surface area contributed by atoms with E-state index in [9.17, 15) is 9.90 Å². The molecule has 104 valence electrons. The highest BCUT2D eigenvalue weighted by molar-refractivity contribution is 5.96. The van der Waals surface area contributed by atoms with E-state index in [4.69, 9.17) is 0 Å². The molecule has 1 aromatic carbocycles. The van der Waals surface area contributed by atoms with Gasteiger partial charge in [-0.3, -0.25) is 4.79 Å². The van der Waals surface area contributed by atoms with Gasteiger partial charge < -0.3 is 15.7 Å². The molecule has 1 aromatic rings. The Morgan fingerprint density at radius 1 is 1.53 bits per heavy atom. The lowest BCUT2D eigenvalue weighted by atomic mass is 9.88. The average Bonchev–Trinajstić information content (AvgIpc) is 2.40. The molecule has 0 aliphatic carbocycles. The van der Waals surface area contributed by atoms with Crippen LogP contribution in [0.2, 0.25) is 0 Å². The molecule has 0 bridgehead atoms. The highest BCUT2D eigenvalue weighted by Gasteiger charge is 2.22. The molecule has 2 atom stereocenters. The predicted octanol–water partition coefficient (Wildman–Crippen LogP) is 1.68. The van der Waals surface area contributed by atoms with Gasteiger partial charge in [0.25, 0.3) is 5.91 Å². The minimum absolute atomic E-state index is 0.105. The van der Waals surface area contributed by atoms with Crippen molar-refractivity contribution in [2.24, 2.45) is 11.8 Å². The molecule has 1 aliphatic heterocycles. The Balaban J connectivity index is 1.95. The van der Waals surface area contributed by atoms with E-state index in [2.05, 4.69) is 17.6 Å². The molecule has 2 rings (SSSR count). The van der Waals surface area contributed by atoms with Gasteiger partial charge in [-0.1, -0.05) is 13.0 Å². The fourth-order valence-corrected chi connectivity index (χ4v) is 2.52. The summed E-state index contributed by atoms with van der Waals surface area (Å²) in [4.78, 5) is 12.1. The summed E-state index contributed by atoms with van der Waals surface area (Å²) in [6.07, 6.45) is 1.16. The maximum Gasteiger partial charge on any atom is 0.251 e. The van der Waals surface area contributed by atoms with Crippen molar-refractivity contribution in [3.8, 4) is 5.75 Å². The van der Waals surface area contributed by atoms with Crippen molar-refractivity contribution in [3.63, 3.8) is 0 Å². The molecule has 0 radical (unpaired) electrons. The van der Waals surface area contributed by atoms with Gasteiger partial charge in [0.1, 0.15) is 5.75 Å². The second-order valence-corrected chi connectivity index (χ2v) is 5.39. The minimum atomic E-state index is -0.105. The number of carbonyl (C=O) groups excluding carboxylic acids is 1. The number of aromatic hydroxyl groups is 1. The van der Waals surface area contributed by atoms with Crippen LogP contribution in [0.3, 0.4) is 0 Å². The Morgan fingerprint density at radius 2 is 2.32 bits per heavy atom. The van der Waals surface area contributed by atoms with E-state index >= 15 is 0 Å². The van der Waals surface area contributed by atoms with E-state index in [1.165, 1.54) is 0 Å². The number of amides is 1. The summed E-state index contributed by atoms with van der Waals surface area (Å²) in [6.45, 7) is 6.70. The van der Waals surface area contributed by atoms with Gasteiger partial charge in [0.2, 0.25) is 0 Å². The second-order valence-electron chi connectivity index (χ2n) is 5.39. The second kappa shape index (κ2) is 6.06. The number of hydrogen-bond donors (Lipinski definition) is 3. The SMILES string of the molecule is Cc1c(O)cccc1C(=O)NCC1CNCCC1C. The van der Waals surface area contributed by atoms with Crippen molar-refractivity contribution in [1.82, 2.24) is 10.6 Å². The zero-order valence-electron chi connectivity index (χ0n) is 11.6. The van der Waals surface area contributed by atoms with E-state index in [0.717, 1.165) is 19.5 Å². The van der Waals surface area contributed by atoms with Gasteiger partial charge in [0.15, 0.2) is 0 Å². The smallest absolute Gasteiger partial charge is 0.251 e. The van der Waals surface area contributed by atoms with Crippen LogP contribution in [-0.2, 0) is 0 Å². The third kappa shape index (κ3) is 3.26. The first kappa shape index (κ1) is 13.9. The van der Waals surface area contributed by atoms with Crippen LogP contribution in [0.1, 0.15) is 29.3 Å². The summed E-state index contributed by atoms with van der Waals surface area (Å²) in [5.74, 6) is 1.17. The molecule has 1 fully saturated rings. The van der Waals surface area contributed by atoms with Gasteiger partial charge in [-0.2, -0.15) is 0 Å². The third-order valence-corrected chi connectivity index (χ3v) is 4.06. The van der Waals surface area contributed by atoms with E-state index in [-0.39, 0.29) is 11.7 Å². The highest BCUT2D eigenvalue weighted by atomic mass is 16.3. The molecule has 19 heavy (non-hydrogen) atoms. The fourth-order valence-electron chi connectivity index (χ4n) is 2.52. The van der Waals surface area contributed by atoms with E-state index in [1.54, 1.807) is 25.1 Å². The fraction of sp³-hybridized carbons (Fsp3) is 0.533. The summed E-state index contributed by atoms with van der Waals surface area (Å²) in [5.41, 5.74) is 1.19. The molecule has 0 aromatic heterocycles. The molecular formula is C15H22N2O2. The van der Waals surface area contributed by atoms with Crippen molar-refractivity contribution >= 4 is 5.91 Å². The summed E-state index contributed by atoms with van der Waals surface area (Å²) in [7, 11) is 0. The number of phenols is 1. The molecule has 0 saturated carbocycles. The largest absolute Gasteiger partial charge is 0.508 e. The minimum Gasteiger partial charge on any atom is -0.508 e. The van der Waals surface area contributed by atoms with E-state index in [1.807, 2.05) is 0 Å². The van der Waals surface area contributed by atoms with Crippen LogP contribution >= 0.6 is 0 Å². The zero-order chi connectivity index (χ0) is 13.8. The first-order valence-electron chi connectivity index (χ1n) is 6.87. The summed E-state index contributed by atoms with van der Waals surface area (Å²) < 4.78 is 0. The molecule has 4 heteroatoms. The quantitative estimate of drug-likeness (QED) is 0.776. The van der Waals surface area contributed by atoms with Crippen molar-refractivity contribution in [3.05, 3.63) is 29.3 Å². The molecule has 2 unspecified atom stereocenters. The van der Waals surface area contributed by atoms with Crippen LogP contribution in [0.5, 0.6) is 5.75 Å². The number of hydrogen-bond acceptors (Lipinski definition) is 3. The number of rotatable bonds is 3. The van der Waals surface area contributed by atoms with Crippen molar-refractivity contribution in [1.29, 1.82) is 0 Å². The standard InChI is InChI=1S/C15H22N2O2/c1-10-6-7-16-8-12(10)9-17-15(19)13-4-3-5-14(18)11(13)2/h3-5,10,12,16,18H,6-9H2,1-2H3,(H,17,19). The molecule has 1 heterocycles. The lowest BCUT2D eigenvalue weighted by Gasteiger charge is -2.29. The molecule has 1 amide bonds. The lowest BCUT2D eigenvalue weighted by Crippen LogP contribution is -2.42. The molecule has 4 nitrogen and oxygen atoms in total. The van der Waals surface area contributed by atoms with Crippen LogP contribution in [0.25, 0.3) is 0 Å².